The van der Waals surface area contributed by atoms with Gasteiger partial charge < -0.3 is 10.1 Å². The van der Waals surface area contributed by atoms with Crippen LogP contribution in [0.4, 0.5) is 5.69 Å². The Hall–Kier alpha value is -1.69. The number of hydrogen-bond acceptors (Lipinski definition) is 3. The van der Waals surface area contributed by atoms with E-state index in [4.69, 9.17) is 10.00 Å². The Morgan fingerprint density at radius 1 is 1.35 bits per heavy atom. The first-order valence-corrected chi connectivity index (χ1v) is 5.77. The summed E-state index contributed by atoms with van der Waals surface area (Å²) in [6.45, 7) is 7.96. The molecule has 0 atom stereocenters. The van der Waals surface area contributed by atoms with E-state index in [1.807, 2.05) is 32.0 Å². The van der Waals surface area contributed by atoms with Gasteiger partial charge in [-0.15, -0.1) is 0 Å². The first-order valence-electron chi connectivity index (χ1n) is 5.77. The van der Waals surface area contributed by atoms with Crippen molar-refractivity contribution in [3.05, 3.63) is 23.8 Å². The number of nitriles is 1. The van der Waals surface area contributed by atoms with Crippen molar-refractivity contribution in [2.45, 2.75) is 39.2 Å². The summed E-state index contributed by atoms with van der Waals surface area (Å²) < 4.78 is 5.30. The van der Waals surface area contributed by atoms with E-state index < -0.39 is 5.54 Å². The van der Waals surface area contributed by atoms with Crippen LogP contribution in [0.3, 0.4) is 0 Å². The average Bonchev–Trinajstić information content (AvgIpc) is 2.28. The first kappa shape index (κ1) is 13.4. The Kier molecular flexibility index (Phi) is 4.01. The molecule has 0 aromatic heterocycles. The lowest BCUT2D eigenvalue weighted by Gasteiger charge is -2.22. The monoisotopic (exact) mass is 232 g/mol. The van der Waals surface area contributed by atoms with E-state index in [0.29, 0.717) is 5.92 Å². The zero-order valence-electron chi connectivity index (χ0n) is 11.2. The van der Waals surface area contributed by atoms with Gasteiger partial charge in [0.1, 0.15) is 11.3 Å². The third-order valence-corrected chi connectivity index (χ3v) is 2.62. The summed E-state index contributed by atoms with van der Waals surface area (Å²) in [4.78, 5) is 0. The summed E-state index contributed by atoms with van der Waals surface area (Å²) in [5, 5.41) is 12.2. The van der Waals surface area contributed by atoms with Gasteiger partial charge in [0.15, 0.2) is 0 Å². The molecule has 17 heavy (non-hydrogen) atoms. The number of nitrogens with one attached hydrogen (secondary N) is 1. The molecule has 0 bridgehead atoms. The Labute approximate surface area is 103 Å². The Balaban J connectivity index is 3.11. The van der Waals surface area contributed by atoms with Gasteiger partial charge in [0, 0.05) is 0 Å². The third-order valence-electron chi connectivity index (χ3n) is 2.62. The molecular formula is C14H20N2O. The molecule has 0 spiro atoms. The molecule has 3 nitrogen and oxygen atoms in total. The lowest BCUT2D eigenvalue weighted by molar-refractivity contribution is 0.415. The minimum Gasteiger partial charge on any atom is -0.495 e. The first-order chi connectivity index (χ1) is 7.89. The number of anilines is 1. The normalized spacial score (nSPS) is 11.1. The van der Waals surface area contributed by atoms with Crippen LogP contribution in [-0.4, -0.2) is 12.6 Å². The van der Waals surface area contributed by atoms with Gasteiger partial charge in [-0.05, 0) is 37.5 Å². The fourth-order valence-corrected chi connectivity index (χ4v) is 1.55. The zero-order valence-corrected chi connectivity index (χ0v) is 11.2. The Morgan fingerprint density at radius 3 is 2.47 bits per heavy atom. The highest BCUT2D eigenvalue weighted by atomic mass is 16.5. The summed E-state index contributed by atoms with van der Waals surface area (Å²) in [7, 11) is 1.63. The quantitative estimate of drug-likeness (QED) is 0.863. The molecular weight excluding hydrogens is 212 g/mol. The number of methoxy groups -OCH3 is 1. The number of nitrogens with zero attached hydrogens (tertiary/aromatic N) is 1. The molecule has 0 radical (unpaired) electrons. The summed E-state index contributed by atoms with van der Waals surface area (Å²) >= 11 is 0. The molecule has 1 N–H and O–H groups in total. The number of ether oxygens (including phenoxy) is 1. The molecule has 3 heteroatoms. The van der Waals surface area contributed by atoms with Crippen LogP contribution in [0, 0.1) is 11.3 Å². The summed E-state index contributed by atoms with van der Waals surface area (Å²) in [6.07, 6.45) is 0. The second-order valence-corrected chi connectivity index (χ2v) is 4.98. The zero-order chi connectivity index (χ0) is 13.1. The van der Waals surface area contributed by atoms with E-state index in [9.17, 15) is 0 Å². The molecule has 0 aliphatic carbocycles. The van der Waals surface area contributed by atoms with E-state index in [1.165, 1.54) is 5.56 Å². The van der Waals surface area contributed by atoms with Crippen molar-refractivity contribution in [3.8, 4) is 11.8 Å². The smallest absolute Gasteiger partial charge is 0.142 e. The molecule has 0 fully saturated rings. The molecule has 0 saturated carbocycles. The van der Waals surface area contributed by atoms with Crippen LogP contribution in [0.25, 0.3) is 0 Å². The maximum Gasteiger partial charge on any atom is 0.142 e. The summed E-state index contributed by atoms with van der Waals surface area (Å²) in [6, 6.07) is 8.25. The second-order valence-electron chi connectivity index (χ2n) is 4.98. The molecule has 1 aromatic rings. The van der Waals surface area contributed by atoms with Gasteiger partial charge in [0.2, 0.25) is 0 Å². The van der Waals surface area contributed by atoms with Crippen LogP contribution in [0.2, 0.25) is 0 Å². The standard InChI is InChI=1S/C14H20N2O/c1-10(2)11-6-7-13(17-5)12(8-11)16-14(3,4)9-15/h6-8,10,16H,1-5H3. The number of benzene rings is 1. The molecule has 0 heterocycles. The lowest BCUT2D eigenvalue weighted by Crippen LogP contribution is -2.28. The summed E-state index contributed by atoms with van der Waals surface area (Å²) in [5.74, 6) is 1.21. The van der Waals surface area contributed by atoms with Gasteiger partial charge in [-0.2, -0.15) is 5.26 Å². The molecule has 92 valence electrons. The van der Waals surface area contributed by atoms with Gasteiger partial charge in [0.05, 0.1) is 18.9 Å². The second kappa shape index (κ2) is 5.09. The fraction of sp³-hybridized carbons (Fsp3) is 0.500. The lowest BCUT2D eigenvalue weighted by atomic mass is 10.0. The van der Waals surface area contributed by atoms with E-state index in [0.717, 1.165) is 11.4 Å². The van der Waals surface area contributed by atoms with Crippen molar-refractivity contribution in [1.82, 2.24) is 0 Å². The van der Waals surface area contributed by atoms with Gasteiger partial charge in [0.25, 0.3) is 0 Å². The van der Waals surface area contributed by atoms with Crippen molar-refractivity contribution >= 4 is 5.69 Å². The van der Waals surface area contributed by atoms with Crippen molar-refractivity contribution in [3.63, 3.8) is 0 Å². The van der Waals surface area contributed by atoms with Gasteiger partial charge in [-0.25, -0.2) is 0 Å². The topological polar surface area (TPSA) is 45.0 Å². The Morgan fingerprint density at radius 2 is 2.00 bits per heavy atom. The van der Waals surface area contributed by atoms with Crippen LogP contribution < -0.4 is 10.1 Å². The highest BCUT2D eigenvalue weighted by Gasteiger charge is 2.18. The van der Waals surface area contributed by atoms with Gasteiger partial charge >= 0.3 is 0 Å². The van der Waals surface area contributed by atoms with E-state index in [2.05, 4.69) is 25.2 Å². The molecule has 0 saturated heterocycles. The maximum absolute atomic E-state index is 9.04. The van der Waals surface area contributed by atoms with Crippen LogP contribution >= 0.6 is 0 Å². The van der Waals surface area contributed by atoms with E-state index in [1.54, 1.807) is 7.11 Å². The highest BCUT2D eigenvalue weighted by molar-refractivity contribution is 5.60. The molecule has 0 aliphatic rings. The maximum atomic E-state index is 9.04. The van der Waals surface area contributed by atoms with Crippen molar-refractivity contribution < 1.29 is 4.74 Å². The van der Waals surface area contributed by atoms with Crippen LogP contribution in [0.1, 0.15) is 39.2 Å². The molecule has 1 rings (SSSR count). The molecule has 0 aliphatic heterocycles. The van der Waals surface area contributed by atoms with Crippen LogP contribution in [-0.2, 0) is 0 Å². The number of hydrogen-bond donors (Lipinski definition) is 1. The third kappa shape index (κ3) is 3.39. The Bertz CT molecular complexity index is 430. The van der Waals surface area contributed by atoms with E-state index >= 15 is 0 Å². The minimum atomic E-state index is -0.608. The predicted molar refractivity (Wildman–Crippen MR) is 70.4 cm³/mol. The largest absolute Gasteiger partial charge is 0.495 e. The molecule has 0 unspecified atom stereocenters. The van der Waals surface area contributed by atoms with Crippen LogP contribution in [0.5, 0.6) is 5.75 Å². The van der Waals surface area contributed by atoms with Crippen molar-refractivity contribution in [2.24, 2.45) is 0 Å². The SMILES string of the molecule is COc1ccc(C(C)C)cc1NC(C)(C)C#N. The average molecular weight is 232 g/mol. The molecule has 0 amide bonds. The van der Waals surface area contributed by atoms with Gasteiger partial charge in [-0.3, -0.25) is 0 Å². The fourth-order valence-electron chi connectivity index (χ4n) is 1.55. The summed E-state index contributed by atoms with van der Waals surface area (Å²) in [5.41, 5.74) is 1.48. The van der Waals surface area contributed by atoms with Crippen LogP contribution in [0.15, 0.2) is 18.2 Å². The number of rotatable bonds is 4. The minimum absolute atomic E-state index is 0.451. The van der Waals surface area contributed by atoms with Gasteiger partial charge in [-0.1, -0.05) is 19.9 Å². The van der Waals surface area contributed by atoms with Crippen molar-refractivity contribution in [2.75, 3.05) is 12.4 Å². The molecule has 1 aromatic carbocycles. The van der Waals surface area contributed by atoms with Crippen molar-refractivity contribution in [1.29, 1.82) is 5.26 Å². The van der Waals surface area contributed by atoms with E-state index in [-0.39, 0.29) is 0 Å². The predicted octanol–water partition coefficient (Wildman–Crippen LogP) is 3.53. The highest BCUT2D eigenvalue weighted by Crippen LogP contribution is 2.30.